The maximum absolute atomic E-state index is 12.3. The van der Waals surface area contributed by atoms with Crippen molar-refractivity contribution in [3.63, 3.8) is 0 Å². The largest absolute Gasteiger partial charge is 0.397 e. The van der Waals surface area contributed by atoms with Crippen molar-refractivity contribution >= 4 is 11.6 Å². The highest BCUT2D eigenvalue weighted by atomic mass is 16.1. The molecule has 0 aromatic carbocycles. The summed E-state index contributed by atoms with van der Waals surface area (Å²) in [5.74, 6) is 0.731. The lowest BCUT2D eigenvalue weighted by atomic mass is 10.0. The van der Waals surface area contributed by atoms with Gasteiger partial charge in [0.2, 0.25) is 0 Å². The Morgan fingerprint density at radius 1 is 1.37 bits per heavy atom. The molecule has 0 saturated heterocycles. The van der Waals surface area contributed by atoms with Crippen molar-refractivity contribution in [2.75, 3.05) is 5.73 Å². The van der Waals surface area contributed by atoms with E-state index >= 15 is 0 Å². The Balaban J connectivity index is 2.02. The average Bonchev–Trinajstić information content (AvgIpc) is 2.57. The van der Waals surface area contributed by atoms with Gasteiger partial charge in [-0.2, -0.15) is 0 Å². The third-order valence-corrected chi connectivity index (χ3v) is 3.95. The van der Waals surface area contributed by atoms with Gasteiger partial charge in [-0.15, -0.1) is 0 Å². The standard InChI is InChI=1S/C15H23N3O/c1-10-4-3-5-13(7-6-10)18-15(19)14-8-12(16)9-17-11(14)2/h8-10,13H,3-7,16H2,1-2H3,(H,18,19). The third-order valence-electron chi connectivity index (χ3n) is 3.95. The van der Waals surface area contributed by atoms with E-state index in [9.17, 15) is 4.79 Å². The van der Waals surface area contributed by atoms with Gasteiger partial charge in [0, 0.05) is 6.04 Å². The summed E-state index contributed by atoms with van der Waals surface area (Å²) in [7, 11) is 0. The molecule has 104 valence electrons. The maximum Gasteiger partial charge on any atom is 0.253 e. The molecule has 19 heavy (non-hydrogen) atoms. The van der Waals surface area contributed by atoms with Crippen LogP contribution in [-0.2, 0) is 0 Å². The maximum atomic E-state index is 12.3. The molecule has 2 unspecified atom stereocenters. The normalized spacial score (nSPS) is 23.7. The van der Waals surface area contributed by atoms with E-state index in [-0.39, 0.29) is 5.91 Å². The Hall–Kier alpha value is -1.58. The van der Waals surface area contributed by atoms with Crippen LogP contribution in [0.25, 0.3) is 0 Å². The fraction of sp³-hybridized carbons (Fsp3) is 0.600. The number of nitrogens with zero attached hydrogens (tertiary/aromatic N) is 1. The molecule has 1 aromatic rings. The minimum absolute atomic E-state index is 0.0446. The van der Waals surface area contributed by atoms with Crippen molar-refractivity contribution in [1.29, 1.82) is 0 Å². The molecule has 2 atom stereocenters. The number of carbonyl (C=O) groups excluding carboxylic acids is 1. The van der Waals surface area contributed by atoms with E-state index in [1.54, 1.807) is 12.3 Å². The first-order valence-corrected chi connectivity index (χ1v) is 7.09. The van der Waals surface area contributed by atoms with Gasteiger partial charge in [0.05, 0.1) is 23.1 Å². The highest BCUT2D eigenvalue weighted by Gasteiger charge is 2.19. The number of pyridine rings is 1. The molecule has 0 bridgehead atoms. The molecule has 0 radical (unpaired) electrons. The van der Waals surface area contributed by atoms with Gasteiger partial charge in [-0.05, 0) is 38.2 Å². The van der Waals surface area contributed by atoms with Crippen LogP contribution in [0.1, 0.15) is 55.1 Å². The van der Waals surface area contributed by atoms with Crippen LogP contribution in [0.3, 0.4) is 0 Å². The van der Waals surface area contributed by atoms with Gasteiger partial charge in [-0.1, -0.05) is 19.8 Å². The molecule has 1 fully saturated rings. The Morgan fingerprint density at radius 3 is 2.95 bits per heavy atom. The summed E-state index contributed by atoms with van der Waals surface area (Å²) in [6.45, 7) is 4.12. The number of aryl methyl sites for hydroxylation is 1. The molecular weight excluding hydrogens is 238 g/mol. The van der Waals surface area contributed by atoms with Crippen molar-refractivity contribution in [2.24, 2.45) is 5.92 Å². The molecule has 1 aliphatic carbocycles. The van der Waals surface area contributed by atoms with Crippen LogP contribution >= 0.6 is 0 Å². The van der Waals surface area contributed by atoms with E-state index in [1.807, 2.05) is 6.92 Å². The van der Waals surface area contributed by atoms with Crippen molar-refractivity contribution in [3.8, 4) is 0 Å². The number of hydrogen-bond donors (Lipinski definition) is 2. The van der Waals surface area contributed by atoms with Gasteiger partial charge < -0.3 is 11.1 Å². The molecule has 4 nitrogen and oxygen atoms in total. The lowest BCUT2D eigenvalue weighted by Gasteiger charge is -2.17. The number of anilines is 1. The molecule has 3 N–H and O–H groups in total. The Kier molecular flexibility index (Phi) is 4.40. The summed E-state index contributed by atoms with van der Waals surface area (Å²) < 4.78 is 0. The summed E-state index contributed by atoms with van der Waals surface area (Å²) in [4.78, 5) is 16.4. The SMILES string of the molecule is Cc1ncc(N)cc1C(=O)NC1CCCC(C)CC1. The number of aromatic nitrogens is 1. The van der Waals surface area contributed by atoms with E-state index in [0.717, 1.165) is 24.5 Å². The highest BCUT2D eigenvalue weighted by Crippen LogP contribution is 2.23. The van der Waals surface area contributed by atoms with Crippen LogP contribution in [0.2, 0.25) is 0 Å². The molecule has 1 aliphatic rings. The summed E-state index contributed by atoms with van der Waals surface area (Å²) in [6.07, 6.45) is 7.39. The number of amides is 1. The highest BCUT2D eigenvalue weighted by molar-refractivity contribution is 5.96. The Morgan fingerprint density at radius 2 is 2.16 bits per heavy atom. The molecule has 0 spiro atoms. The van der Waals surface area contributed by atoms with Gasteiger partial charge in [0.25, 0.3) is 5.91 Å². The number of hydrogen-bond acceptors (Lipinski definition) is 3. The fourth-order valence-electron chi connectivity index (χ4n) is 2.67. The Labute approximate surface area is 114 Å². The molecule has 4 heteroatoms. The second kappa shape index (κ2) is 6.04. The first kappa shape index (κ1) is 13.8. The molecule has 0 aliphatic heterocycles. The number of nitrogens with one attached hydrogen (secondary N) is 1. The zero-order valence-corrected chi connectivity index (χ0v) is 11.8. The van der Waals surface area contributed by atoms with Crippen LogP contribution < -0.4 is 11.1 Å². The second-order valence-electron chi connectivity index (χ2n) is 5.69. The van der Waals surface area contributed by atoms with Crippen molar-refractivity contribution < 1.29 is 4.79 Å². The Bertz CT molecular complexity index is 459. The van der Waals surface area contributed by atoms with Crippen LogP contribution in [0.4, 0.5) is 5.69 Å². The first-order chi connectivity index (χ1) is 9.06. The summed E-state index contributed by atoms with van der Waals surface area (Å²) in [6, 6.07) is 2.00. The zero-order valence-electron chi connectivity index (χ0n) is 11.8. The summed E-state index contributed by atoms with van der Waals surface area (Å²) in [5.41, 5.74) is 7.56. The van der Waals surface area contributed by atoms with Gasteiger partial charge in [-0.3, -0.25) is 9.78 Å². The van der Waals surface area contributed by atoms with Crippen LogP contribution in [0.15, 0.2) is 12.3 Å². The van der Waals surface area contributed by atoms with Crippen LogP contribution in [-0.4, -0.2) is 16.9 Å². The monoisotopic (exact) mass is 261 g/mol. The number of carbonyl (C=O) groups is 1. The number of nitrogen functional groups attached to an aromatic ring is 1. The fourth-order valence-corrected chi connectivity index (χ4v) is 2.67. The van der Waals surface area contributed by atoms with Crippen molar-refractivity contribution in [1.82, 2.24) is 10.3 Å². The molecule has 1 amide bonds. The third kappa shape index (κ3) is 3.69. The van der Waals surface area contributed by atoms with E-state index in [1.165, 1.54) is 19.3 Å². The predicted molar refractivity (Wildman–Crippen MR) is 76.9 cm³/mol. The second-order valence-corrected chi connectivity index (χ2v) is 5.69. The topological polar surface area (TPSA) is 68.0 Å². The molecular formula is C15H23N3O. The van der Waals surface area contributed by atoms with Gasteiger partial charge >= 0.3 is 0 Å². The summed E-state index contributed by atoms with van der Waals surface area (Å²) >= 11 is 0. The van der Waals surface area contributed by atoms with Crippen LogP contribution in [0, 0.1) is 12.8 Å². The van der Waals surface area contributed by atoms with E-state index in [4.69, 9.17) is 5.73 Å². The van der Waals surface area contributed by atoms with E-state index < -0.39 is 0 Å². The first-order valence-electron chi connectivity index (χ1n) is 7.09. The van der Waals surface area contributed by atoms with Gasteiger partial charge in [0.15, 0.2) is 0 Å². The number of rotatable bonds is 2. The van der Waals surface area contributed by atoms with Crippen molar-refractivity contribution in [3.05, 3.63) is 23.5 Å². The number of nitrogens with two attached hydrogens (primary N) is 1. The predicted octanol–water partition coefficient (Wildman–Crippen LogP) is 2.67. The minimum atomic E-state index is -0.0446. The molecule has 1 heterocycles. The van der Waals surface area contributed by atoms with Crippen LogP contribution in [0.5, 0.6) is 0 Å². The molecule has 1 saturated carbocycles. The van der Waals surface area contributed by atoms with Crippen molar-refractivity contribution in [2.45, 2.75) is 52.0 Å². The molecule has 2 rings (SSSR count). The van der Waals surface area contributed by atoms with E-state index in [2.05, 4.69) is 17.2 Å². The summed E-state index contributed by atoms with van der Waals surface area (Å²) in [5, 5.41) is 3.13. The van der Waals surface area contributed by atoms with E-state index in [0.29, 0.717) is 17.3 Å². The zero-order chi connectivity index (χ0) is 13.8. The van der Waals surface area contributed by atoms with Gasteiger partial charge in [0.1, 0.15) is 0 Å². The lowest BCUT2D eigenvalue weighted by molar-refractivity contribution is 0.0932. The van der Waals surface area contributed by atoms with Gasteiger partial charge in [-0.25, -0.2) is 0 Å². The minimum Gasteiger partial charge on any atom is -0.397 e. The average molecular weight is 261 g/mol. The quantitative estimate of drug-likeness (QED) is 0.804. The lowest BCUT2D eigenvalue weighted by Crippen LogP contribution is -2.35. The molecule has 1 aromatic heterocycles. The smallest absolute Gasteiger partial charge is 0.253 e.